The van der Waals surface area contributed by atoms with E-state index >= 15 is 0 Å². The van der Waals surface area contributed by atoms with Crippen LogP contribution in [0.4, 0.5) is 0 Å². The molecule has 0 radical (unpaired) electrons. The fourth-order valence-electron chi connectivity index (χ4n) is 2.72. The Morgan fingerprint density at radius 1 is 0.917 bits per heavy atom. The van der Waals surface area contributed by atoms with Crippen molar-refractivity contribution in [2.45, 2.75) is 13.8 Å². The third-order valence-corrected chi connectivity index (χ3v) is 4.02. The maximum atomic E-state index is 11.9. The van der Waals surface area contributed by atoms with Gasteiger partial charge < -0.3 is 4.74 Å². The number of hydrogen-bond donors (Lipinski definition) is 0. The zero-order chi connectivity index (χ0) is 17.1. The van der Waals surface area contributed by atoms with Gasteiger partial charge in [0, 0.05) is 11.1 Å². The molecule has 0 saturated heterocycles. The van der Waals surface area contributed by atoms with Gasteiger partial charge in [-0.1, -0.05) is 48.0 Å². The Kier molecular flexibility index (Phi) is 4.43. The number of aromatic nitrogens is 1. The van der Waals surface area contributed by atoms with Gasteiger partial charge in [0.05, 0.1) is 12.8 Å². The van der Waals surface area contributed by atoms with E-state index < -0.39 is 5.97 Å². The number of aryl methyl sites for hydroxylation is 2. The van der Waals surface area contributed by atoms with E-state index in [9.17, 15) is 4.79 Å². The van der Waals surface area contributed by atoms with Crippen molar-refractivity contribution < 1.29 is 9.53 Å². The summed E-state index contributed by atoms with van der Waals surface area (Å²) in [5, 5.41) is 0. The van der Waals surface area contributed by atoms with Crippen LogP contribution >= 0.6 is 0 Å². The Balaban J connectivity index is 2.27. The van der Waals surface area contributed by atoms with Crippen LogP contribution in [0, 0.1) is 13.8 Å². The SMILES string of the molecule is COC(=O)c1ccc(-c2ccccc2)c(-c2cc(C)ccc2C)n1. The number of carbonyl (C=O) groups excluding carboxylic acids is 1. The number of nitrogens with zero attached hydrogens (tertiary/aromatic N) is 1. The molecule has 3 aromatic rings. The molecular formula is C21H19NO2. The average molecular weight is 317 g/mol. The van der Waals surface area contributed by atoms with E-state index in [2.05, 4.69) is 37.0 Å². The average Bonchev–Trinajstić information content (AvgIpc) is 2.63. The first-order valence-corrected chi connectivity index (χ1v) is 7.82. The van der Waals surface area contributed by atoms with Gasteiger partial charge in [-0.3, -0.25) is 0 Å². The molecule has 0 aliphatic rings. The van der Waals surface area contributed by atoms with Crippen LogP contribution in [0.3, 0.4) is 0 Å². The van der Waals surface area contributed by atoms with Crippen molar-refractivity contribution in [1.82, 2.24) is 4.98 Å². The highest BCUT2D eigenvalue weighted by molar-refractivity contribution is 5.91. The summed E-state index contributed by atoms with van der Waals surface area (Å²) in [7, 11) is 1.37. The summed E-state index contributed by atoms with van der Waals surface area (Å²) in [5.41, 5.74) is 6.47. The monoisotopic (exact) mass is 317 g/mol. The summed E-state index contributed by atoms with van der Waals surface area (Å²) >= 11 is 0. The van der Waals surface area contributed by atoms with Crippen LogP contribution in [-0.2, 0) is 4.74 Å². The van der Waals surface area contributed by atoms with Gasteiger partial charge in [0.15, 0.2) is 0 Å². The van der Waals surface area contributed by atoms with Crippen LogP contribution in [0.25, 0.3) is 22.4 Å². The lowest BCUT2D eigenvalue weighted by molar-refractivity contribution is 0.0594. The first kappa shape index (κ1) is 15.9. The Bertz CT molecular complexity index is 886. The number of esters is 1. The lowest BCUT2D eigenvalue weighted by atomic mass is 9.95. The van der Waals surface area contributed by atoms with Gasteiger partial charge >= 0.3 is 5.97 Å². The second kappa shape index (κ2) is 6.67. The lowest BCUT2D eigenvalue weighted by Gasteiger charge is -2.13. The minimum Gasteiger partial charge on any atom is -0.464 e. The van der Waals surface area contributed by atoms with Gasteiger partial charge in [0.2, 0.25) is 0 Å². The van der Waals surface area contributed by atoms with E-state index in [-0.39, 0.29) is 0 Å². The third kappa shape index (κ3) is 3.06. The van der Waals surface area contributed by atoms with E-state index in [4.69, 9.17) is 4.74 Å². The molecule has 0 aliphatic carbocycles. The fourth-order valence-corrected chi connectivity index (χ4v) is 2.72. The quantitative estimate of drug-likeness (QED) is 0.650. The highest BCUT2D eigenvalue weighted by Gasteiger charge is 2.16. The molecule has 1 heterocycles. The first-order valence-electron chi connectivity index (χ1n) is 7.82. The predicted octanol–water partition coefficient (Wildman–Crippen LogP) is 4.82. The number of rotatable bonds is 3. The molecule has 0 unspecified atom stereocenters. The Morgan fingerprint density at radius 2 is 1.67 bits per heavy atom. The van der Waals surface area contributed by atoms with E-state index in [0.29, 0.717) is 5.69 Å². The molecule has 0 bridgehead atoms. The van der Waals surface area contributed by atoms with Crippen LogP contribution in [0.1, 0.15) is 21.6 Å². The lowest BCUT2D eigenvalue weighted by Crippen LogP contribution is -2.06. The molecular weight excluding hydrogens is 298 g/mol. The number of benzene rings is 2. The summed E-state index contributed by atoms with van der Waals surface area (Å²) in [6.07, 6.45) is 0. The van der Waals surface area contributed by atoms with E-state index in [1.165, 1.54) is 7.11 Å². The van der Waals surface area contributed by atoms with Crippen LogP contribution in [0.5, 0.6) is 0 Å². The topological polar surface area (TPSA) is 39.2 Å². The Hall–Kier alpha value is -2.94. The third-order valence-electron chi connectivity index (χ3n) is 4.02. The molecule has 2 aromatic carbocycles. The van der Waals surface area contributed by atoms with Gasteiger partial charge in [0.25, 0.3) is 0 Å². The molecule has 0 atom stereocenters. The van der Waals surface area contributed by atoms with Gasteiger partial charge in [-0.25, -0.2) is 9.78 Å². The number of hydrogen-bond acceptors (Lipinski definition) is 3. The van der Waals surface area contributed by atoms with E-state index in [0.717, 1.165) is 33.5 Å². The zero-order valence-corrected chi connectivity index (χ0v) is 14.0. The van der Waals surface area contributed by atoms with Gasteiger partial charge in [-0.2, -0.15) is 0 Å². The highest BCUT2D eigenvalue weighted by Crippen LogP contribution is 2.33. The van der Waals surface area contributed by atoms with Gasteiger partial charge in [-0.15, -0.1) is 0 Å². The van der Waals surface area contributed by atoms with Crippen molar-refractivity contribution in [1.29, 1.82) is 0 Å². The van der Waals surface area contributed by atoms with Crippen molar-refractivity contribution in [2.75, 3.05) is 7.11 Å². The smallest absolute Gasteiger partial charge is 0.356 e. The minimum absolute atomic E-state index is 0.313. The number of pyridine rings is 1. The number of carbonyl (C=O) groups is 1. The second-order valence-corrected chi connectivity index (χ2v) is 5.77. The maximum Gasteiger partial charge on any atom is 0.356 e. The summed E-state index contributed by atoms with van der Waals surface area (Å²) < 4.78 is 4.83. The van der Waals surface area contributed by atoms with E-state index in [1.807, 2.05) is 36.4 Å². The van der Waals surface area contributed by atoms with Crippen molar-refractivity contribution in [2.24, 2.45) is 0 Å². The maximum absolute atomic E-state index is 11.9. The molecule has 1 aromatic heterocycles. The molecule has 0 amide bonds. The highest BCUT2D eigenvalue weighted by atomic mass is 16.5. The molecule has 0 aliphatic heterocycles. The largest absolute Gasteiger partial charge is 0.464 e. The summed E-state index contributed by atoms with van der Waals surface area (Å²) in [4.78, 5) is 16.5. The Morgan fingerprint density at radius 3 is 2.38 bits per heavy atom. The molecule has 0 saturated carbocycles. The summed E-state index contributed by atoms with van der Waals surface area (Å²) in [6.45, 7) is 4.10. The normalized spacial score (nSPS) is 10.5. The number of methoxy groups -OCH3 is 1. The molecule has 3 nitrogen and oxygen atoms in total. The predicted molar refractivity (Wildman–Crippen MR) is 95.9 cm³/mol. The van der Waals surface area contributed by atoms with Gasteiger partial charge in [-0.05, 0) is 43.2 Å². The molecule has 3 rings (SSSR count). The summed E-state index contributed by atoms with van der Waals surface area (Å²) in [6, 6.07) is 20.0. The standard InChI is InChI=1S/C21H19NO2/c1-14-9-10-15(2)18(13-14)20-17(16-7-5-4-6-8-16)11-12-19(22-20)21(23)24-3/h4-13H,1-3H3. The van der Waals surface area contributed by atoms with Crippen LogP contribution in [0.15, 0.2) is 60.7 Å². The zero-order valence-electron chi connectivity index (χ0n) is 14.0. The van der Waals surface area contributed by atoms with Crippen molar-refractivity contribution in [3.8, 4) is 22.4 Å². The van der Waals surface area contributed by atoms with Crippen molar-refractivity contribution >= 4 is 5.97 Å². The van der Waals surface area contributed by atoms with Crippen LogP contribution < -0.4 is 0 Å². The molecule has 24 heavy (non-hydrogen) atoms. The van der Waals surface area contributed by atoms with Gasteiger partial charge in [0.1, 0.15) is 5.69 Å². The molecule has 3 heteroatoms. The second-order valence-electron chi connectivity index (χ2n) is 5.77. The molecule has 120 valence electrons. The van der Waals surface area contributed by atoms with Crippen molar-refractivity contribution in [3.05, 3.63) is 77.5 Å². The van der Waals surface area contributed by atoms with Crippen molar-refractivity contribution in [3.63, 3.8) is 0 Å². The number of ether oxygens (including phenoxy) is 1. The molecule has 0 spiro atoms. The van der Waals surface area contributed by atoms with Crippen LogP contribution in [-0.4, -0.2) is 18.1 Å². The minimum atomic E-state index is -0.429. The fraction of sp³-hybridized carbons (Fsp3) is 0.143. The van der Waals surface area contributed by atoms with E-state index in [1.54, 1.807) is 6.07 Å². The molecule has 0 fully saturated rings. The summed E-state index contributed by atoms with van der Waals surface area (Å²) in [5.74, 6) is -0.429. The van der Waals surface area contributed by atoms with Crippen LogP contribution in [0.2, 0.25) is 0 Å². The first-order chi connectivity index (χ1) is 11.6. The molecule has 0 N–H and O–H groups in total. The Labute approximate surface area is 142 Å².